The molecular formula is C15H17BrF3N3O2. The summed E-state index contributed by atoms with van der Waals surface area (Å²) in [5, 5.41) is 2.85. The highest BCUT2D eigenvalue weighted by Crippen LogP contribution is 2.37. The Balaban J connectivity index is 1.99. The molecule has 2 aliphatic heterocycles. The lowest BCUT2D eigenvalue weighted by molar-refractivity contribution is -0.156. The SMILES string of the molecule is Cc1cc(Br)c(=O)n2c1C(=O)NC21CCN(CC(F)(F)F)[C@H](C)C1. The minimum absolute atomic E-state index is 0.151. The van der Waals surface area contributed by atoms with Crippen LogP contribution in [0.1, 0.15) is 35.8 Å². The number of fused-ring (bicyclic) bond motifs is 2. The number of alkyl halides is 3. The fourth-order valence-corrected chi connectivity index (χ4v) is 4.29. The van der Waals surface area contributed by atoms with Gasteiger partial charge in [-0.2, -0.15) is 13.2 Å². The summed E-state index contributed by atoms with van der Waals surface area (Å²) >= 11 is 3.20. The van der Waals surface area contributed by atoms with Crippen LogP contribution >= 0.6 is 15.9 Å². The van der Waals surface area contributed by atoms with Gasteiger partial charge in [0, 0.05) is 25.4 Å². The number of amides is 1. The molecular weight excluding hydrogens is 391 g/mol. The Hall–Kier alpha value is -1.35. The third kappa shape index (κ3) is 2.77. The minimum atomic E-state index is -4.27. The van der Waals surface area contributed by atoms with Gasteiger partial charge in [0.2, 0.25) is 0 Å². The van der Waals surface area contributed by atoms with Crippen LogP contribution < -0.4 is 10.9 Å². The number of halogens is 4. The molecule has 1 unspecified atom stereocenters. The standard InChI is InChI=1S/C15H17BrF3N3O2/c1-8-5-10(16)13(24)22-11(8)12(23)20-14(22)3-4-21(9(2)6-14)7-15(17,18)19/h5,9H,3-4,6-7H2,1-2H3,(H,20,23)/t9-,14?/m1/s1. The zero-order valence-corrected chi connectivity index (χ0v) is 14.8. The Morgan fingerprint density at radius 2 is 2.08 bits per heavy atom. The Morgan fingerprint density at radius 3 is 2.67 bits per heavy atom. The highest BCUT2D eigenvalue weighted by molar-refractivity contribution is 9.10. The van der Waals surface area contributed by atoms with E-state index in [2.05, 4.69) is 21.2 Å². The topological polar surface area (TPSA) is 54.3 Å². The summed E-state index contributed by atoms with van der Waals surface area (Å²) in [6.45, 7) is 2.58. The van der Waals surface area contributed by atoms with Crippen molar-refractivity contribution in [2.24, 2.45) is 0 Å². The molecule has 24 heavy (non-hydrogen) atoms. The summed E-state index contributed by atoms with van der Waals surface area (Å²) in [5.41, 5.74) is -0.356. The molecule has 0 saturated carbocycles. The molecule has 3 heterocycles. The number of pyridine rings is 1. The lowest BCUT2D eigenvalue weighted by atomic mass is 9.91. The zero-order chi connectivity index (χ0) is 17.9. The quantitative estimate of drug-likeness (QED) is 0.777. The van der Waals surface area contributed by atoms with Crippen LogP contribution in [0.15, 0.2) is 15.3 Å². The van der Waals surface area contributed by atoms with Gasteiger partial charge in [0.15, 0.2) is 0 Å². The molecule has 0 bridgehead atoms. The molecule has 2 aliphatic rings. The maximum absolute atomic E-state index is 12.7. The highest BCUT2D eigenvalue weighted by Gasteiger charge is 2.49. The van der Waals surface area contributed by atoms with Gasteiger partial charge >= 0.3 is 6.18 Å². The van der Waals surface area contributed by atoms with Gasteiger partial charge in [-0.1, -0.05) is 0 Å². The van der Waals surface area contributed by atoms with Crippen LogP contribution in [0.4, 0.5) is 13.2 Å². The van der Waals surface area contributed by atoms with Crippen molar-refractivity contribution in [3.05, 3.63) is 32.2 Å². The predicted octanol–water partition coefficient (Wildman–Crippen LogP) is 2.36. The summed E-state index contributed by atoms with van der Waals surface area (Å²) in [6, 6.07) is 1.17. The van der Waals surface area contributed by atoms with Crippen LogP contribution in [-0.2, 0) is 5.66 Å². The van der Waals surface area contributed by atoms with E-state index in [0.717, 1.165) is 0 Å². The number of aryl methyl sites for hydroxylation is 1. The molecule has 1 amide bonds. The monoisotopic (exact) mass is 407 g/mol. The first kappa shape index (κ1) is 17.5. The Bertz CT molecular complexity index is 762. The number of nitrogens with zero attached hydrogens (tertiary/aromatic N) is 2. The molecule has 5 nitrogen and oxygen atoms in total. The summed E-state index contributed by atoms with van der Waals surface area (Å²) in [4.78, 5) is 26.3. The van der Waals surface area contributed by atoms with Gasteiger partial charge in [0.25, 0.3) is 11.5 Å². The number of rotatable bonds is 1. The van der Waals surface area contributed by atoms with Crippen LogP contribution in [0, 0.1) is 6.92 Å². The first-order valence-electron chi connectivity index (χ1n) is 7.60. The van der Waals surface area contributed by atoms with Gasteiger partial charge in [-0.05, 0) is 41.4 Å². The molecule has 132 valence electrons. The van der Waals surface area contributed by atoms with E-state index in [1.165, 1.54) is 9.47 Å². The van der Waals surface area contributed by atoms with E-state index in [9.17, 15) is 22.8 Å². The molecule has 1 spiro atoms. The lowest BCUT2D eigenvalue weighted by Crippen LogP contribution is -2.58. The van der Waals surface area contributed by atoms with Crippen molar-refractivity contribution < 1.29 is 18.0 Å². The maximum atomic E-state index is 12.7. The van der Waals surface area contributed by atoms with Crippen LogP contribution in [-0.4, -0.2) is 40.7 Å². The van der Waals surface area contributed by atoms with Crippen molar-refractivity contribution in [1.82, 2.24) is 14.8 Å². The van der Waals surface area contributed by atoms with Crippen molar-refractivity contribution >= 4 is 21.8 Å². The summed E-state index contributed by atoms with van der Waals surface area (Å²) in [6.07, 6.45) is -3.77. The minimum Gasteiger partial charge on any atom is -0.327 e. The first-order valence-corrected chi connectivity index (χ1v) is 8.39. The zero-order valence-electron chi connectivity index (χ0n) is 13.2. The molecule has 1 aromatic heterocycles. The fraction of sp³-hybridized carbons (Fsp3) is 0.600. The van der Waals surface area contributed by atoms with E-state index in [-0.39, 0.29) is 30.9 Å². The van der Waals surface area contributed by atoms with Gasteiger partial charge in [-0.25, -0.2) is 0 Å². The normalized spacial score (nSPS) is 27.4. The number of hydrogen-bond donors (Lipinski definition) is 1. The van der Waals surface area contributed by atoms with E-state index in [4.69, 9.17) is 0 Å². The molecule has 9 heteroatoms. The summed E-state index contributed by atoms with van der Waals surface area (Å²) in [7, 11) is 0. The van der Waals surface area contributed by atoms with Gasteiger partial charge in [-0.15, -0.1) is 0 Å². The third-order valence-corrected chi connectivity index (χ3v) is 5.36. The number of likely N-dealkylation sites (tertiary alicyclic amines) is 1. The van der Waals surface area contributed by atoms with E-state index in [1.54, 1.807) is 19.9 Å². The van der Waals surface area contributed by atoms with E-state index in [1.807, 2.05) is 0 Å². The summed E-state index contributed by atoms with van der Waals surface area (Å²) in [5.74, 6) is -0.353. The second-order valence-corrected chi connectivity index (χ2v) is 7.39. The average Bonchev–Trinajstić information content (AvgIpc) is 2.71. The maximum Gasteiger partial charge on any atom is 0.401 e. The van der Waals surface area contributed by atoms with E-state index < -0.39 is 24.4 Å². The van der Waals surface area contributed by atoms with Crippen molar-refractivity contribution in [3.8, 4) is 0 Å². The molecule has 1 saturated heterocycles. The number of carbonyl (C=O) groups is 1. The molecule has 0 aliphatic carbocycles. The highest BCUT2D eigenvalue weighted by atomic mass is 79.9. The van der Waals surface area contributed by atoms with Crippen molar-refractivity contribution in [2.75, 3.05) is 13.1 Å². The first-order chi connectivity index (χ1) is 11.0. The number of piperidine rings is 1. The van der Waals surface area contributed by atoms with Crippen molar-refractivity contribution in [3.63, 3.8) is 0 Å². The number of hydrogen-bond acceptors (Lipinski definition) is 3. The average molecular weight is 408 g/mol. The summed E-state index contributed by atoms with van der Waals surface area (Å²) < 4.78 is 39.8. The Morgan fingerprint density at radius 1 is 1.42 bits per heavy atom. The number of aromatic nitrogens is 1. The van der Waals surface area contributed by atoms with Crippen molar-refractivity contribution in [2.45, 2.75) is 44.6 Å². The molecule has 1 fully saturated rings. The predicted molar refractivity (Wildman–Crippen MR) is 84.9 cm³/mol. The van der Waals surface area contributed by atoms with Gasteiger partial charge in [0.1, 0.15) is 11.4 Å². The Kier molecular flexibility index (Phi) is 4.07. The Labute approximate surface area is 144 Å². The lowest BCUT2D eigenvalue weighted by Gasteiger charge is -2.44. The smallest absolute Gasteiger partial charge is 0.327 e. The van der Waals surface area contributed by atoms with Gasteiger partial charge in [-0.3, -0.25) is 19.1 Å². The molecule has 0 radical (unpaired) electrons. The largest absolute Gasteiger partial charge is 0.401 e. The van der Waals surface area contributed by atoms with Crippen LogP contribution in [0.5, 0.6) is 0 Å². The van der Waals surface area contributed by atoms with Crippen molar-refractivity contribution in [1.29, 1.82) is 0 Å². The van der Waals surface area contributed by atoms with E-state index >= 15 is 0 Å². The molecule has 0 aromatic carbocycles. The van der Waals surface area contributed by atoms with Crippen LogP contribution in [0.25, 0.3) is 0 Å². The second-order valence-electron chi connectivity index (χ2n) is 6.54. The van der Waals surface area contributed by atoms with Gasteiger partial charge in [0.05, 0.1) is 11.0 Å². The number of carbonyl (C=O) groups excluding carboxylic acids is 1. The fourth-order valence-electron chi connectivity index (χ4n) is 3.77. The second kappa shape index (κ2) is 5.59. The van der Waals surface area contributed by atoms with Gasteiger partial charge < -0.3 is 5.32 Å². The number of nitrogens with one attached hydrogen (secondary N) is 1. The van der Waals surface area contributed by atoms with E-state index in [0.29, 0.717) is 15.7 Å². The van der Waals surface area contributed by atoms with Crippen LogP contribution in [0.2, 0.25) is 0 Å². The molecule has 2 atom stereocenters. The van der Waals surface area contributed by atoms with Crippen LogP contribution in [0.3, 0.4) is 0 Å². The molecule has 3 rings (SSSR count). The molecule has 1 aromatic rings. The molecule has 1 N–H and O–H groups in total. The third-order valence-electron chi connectivity index (χ3n) is 4.79.